The molecule has 0 fully saturated rings. The molecule has 1 aliphatic heterocycles. The van der Waals surface area contributed by atoms with Crippen molar-refractivity contribution in [3.05, 3.63) is 57.8 Å². The van der Waals surface area contributed by atoms with Crippen molar-refractivity contribution in [2.24, 2.45) is 0 Å². The van der Waals surface area contributed by atoms with E-state index in [0.717, 1.165) is 41.6 Å². The molecule has 0 aliphatic carbocycles. The Hall–Kier alpha value is -3.61. The first-order valence-corrected chi connectivity index (χ1v) is 10.3. The van der Waals surface area contributed by atoms with Crippen molar-refractivity contribution in [2.75, 3.05) is 16.8 Å². The van der Waals surface area contributed by atoms with Gasteiger partial charge in [-0.05, 0) is 50.1 Å². The Morgan fingerprint density at radius 3 is 2.52 bits per heavy atom. The van der Waals surface area contributed by atoms with Gasteiger partial charge in [0, 0.05) is 17.1 Å². The normalized spacial score (nSPS) is 12.9. The number of carboxylic acids is 1. The van der Waals surface area contributed by atoms with Gasteiger partial charge >= 0.3 is 12.1 Å². The molecule has 174 valence electrons. The molecule has 4 rings (SSSR count). The summed E-state index contributed by atoms with van der Waals surface area (Å²) < 4.78 is 45.0. The third-order valence-corrected chi connectivity index (χ3v) is 5.40. The Morgan fingerprint density at radius 2 is 1.91 bits per heavy atom. The van der Waals surface area contributed by atoms with E-state index in [0.29, 0.717) is 10.7 Å². The molecule has 2 aromatic heterocycles. The van der Waals surface area contributed by atoms with Gasteiger partial charge in [-0.15, -0.1) is 16.4 Å². The highest BCUT2D eigenvalue weighted by Crippen LogP contribution is 2.35. The molecular formula is C20H17F4N5O3S. The quantitative estimate of drug-likeness (QED) is 0.533. The van der Waals surface area contributed by atoms with Gasteiger partial charge in [-0.2, -0.15) is 18.3 Å². The van der Waals surface area contributed by atoms with Gasteiger partial charge in [0.05, 0.1) is 5.69 Å². The standard InChI is InChI=1S/C18H16FN5OS.C2HF3O2/c1-11-7-8-15(23-22-11)24-9-3-6-14-16(24)21-18(26-14)17(25)20-13-5-2-4-12(19)10-13;3-2(4,5)1(6)7/h2,4-5,7-8,10H,3,6,9H2,1H3,(H,20,25);(H,6,7). The summed E-state index contributed by atoms with van der Waals surface area (Å²) in [5, 5.41) is 18.5. The lowest BCUT2D eigenvalue weighted by Gasteiger charge is -2.25. The van der Waals surface area contributed by atoms with E-state index in [1.54, 1.807) is 12.1 Å². The average molecular weight is 483 g/mol. The fourth-order valence-electron chi connectivity index (χ4n) is 2.83. The first-order valence-electron chi connectivity index (χ1n) is 9.49. The van der Waals surface area contributed by atoms with Crippen molar-refractivity contribution in [3.8, 4) is 0 Å². The molecule has 8 nitrogen and oxygen atoms in total. The van der Waals surface area contributed by atoms with Crippen molar-refractivity contribution in [1.82, 2.24) is 15.2 Å². The third-order valence-electron chi connectivity index (χ3n) is 4.30. The molecule has 2 N–H and O–H groups in total. The number of fused-ring (bicyclic) bond motifs is 1. The zero-order valence-corrected chi connectivity index (χ0v) is 17.9. The molecule has 0 radical (unpaired) electrons. The summed E-state index contributed by atoms with van der Waals surface area (Å²) in [5.41, 5.74) is 1.25. The molecule has 1 amide bonds. The molecule has 3 aromatic rings. The van der Waals surface area contributed by atoms with E-state index >= 15 is 0 Å². The van der Waals surface area contributed by atoms with Crippen LogP contribution in [0.3, 0.4) is 0 Å². The average Bonchev–Trinajstić information content (AvgIpc) is 3.19. The van der Waals surface area contributed by atoms with E-state index in [1.165, 1.54) is 23.5 Å². The van der Waals surface area contributed by atoms with Crippen LogP contribution in [0.5, 0.6) is 0 Å². The summed E-state index contributed by atoms with van der Waals surface area (Å²) in [7, 11) is 0. The number of nitrogens with zero attached hydrogens (tertiary/aromatic N) is 4. The second-order valence-corrected chi connectivity index (χ2v) is 7.90. The van der Waals surface area contributed by atoms with Crippen molar-refractivity contribution >= 4 is 40.5 Å². The molecule has 0 bridgehead atoms. The van der Waals surface area contributed by atoms with E-state index < -0.39 is 18.0 Å². The Bertz CT molecular complexity index is 1150. The van der Waals surface area contributed by atoms with Gasteiger partial charge in [0.1, 0.15) is 11.6 Å². The highest BCUT2D eigenvalue weighted by Gasteiger charge is 2.38. The minimum Gasteiger partial charge on any atom is -0.475 e. The van der Waals surface area contributed by atoms with Gasteiger partial charge in [0.25, 0.3) is 5.91 Å². The summed E-state index contributed by atoms with van der Waals surface area (Å²) in [6.07, 6.45) is -3.26. The Balaban J connectivity index is 0.000000383. The lowest BCUT2D eigenvalue weighted by Crippen LogP contribution is -2.25. The maximum atomic E-state index is 13.3. The van der Waals surface area contributed by atoms with Gasteiger partial charge in [-0.3, -0.25) is 4.79 Å². The molecule has 3 heterocycles. The van der Waals surface area contributed by atoms with Crippen molar-refractivity contribution < 1.29 is 32.3 Å². The second kappa shape index (κ2) is 9.90. The molecule has 1 aromatic carbocycles. The number of carboxylic acid groups (broad SMARTS) is 1. The molecule has 0 spiro atoms. The van der Waals surface area contributed by atoms with Crippen LogP contribution in [0.2, 0.25) is 0 Å². The molecular weight excluding hydrogens is 466 g/mol. The largest absolute Gasteiger partial charge is 0.490 e. The maximum Gasteiger partial charge on any atom is 0.490 e. The summed E-state index contributed by atoms with van der Waals surface area (Å²) in [6, 6.07) is 9.61. The second-order valence-electron chi connectivity index (χ2n) is 6.82. The van der Waals surface area contributed by atoms with Crippen LogP contribution in [0.15, 0.2) is 36.4 Å². The fraction of sp³-hybridized carbons (Fsp3) is 0.250. The van der Waals surface area contributed by atoms with Crippen molar-refractivity contribution in [2.45, 2.75) is 25.9 Å². The number of aliphatic carboxylic acids is 1. The number of hydrogen-bond acceptors (Lipinski definition) is 7. The molecule has 33 heavy (non-hydrogen) atoms. The molecule has 0 saturated heterocycles. The van der Waals surface area contributed by atoms with Crippen LogP contribution >= 0.6 is 11.3 Å². The fourth-order valence-corrected chi connectivity index (χ4v) is 3.83. The number of thiazole rings is 1. The number of anilines is 3. The lowest BCUT2D eigenvalue weighted by molar-refractivity contribution is -0.192. The topological polar surface area (TPSA) is 108 Å². The number of aryl methyl sites for hydroxylation is 2. The van der Waals surface area contributed by atoms with Gasteiger partial charge in [-0.1, -0.05) is 6.07 Å². The first-order chi connectivity index (χ1) is 15.5. The summed E-state index contributed by atoms with van der Waals surface area (Å²) >= 11 is 1.36. The molecule has 0 unspecified atom stereocenters. The van der Waals surface area contributed by atoms with Crippen LogP contribution in [-0.2, 0) is 11.2 Å². The highest BCUT2D eigenvalue weighted by atomic mass is 32.1. The third kappa shape index (κ3) is 6.22. The van der Waals surface area contributed by atoms with Crippen molar-refractivity contribution in [1.29, 1.82) is 0 Å². The number of amides is 1. The van der Waals surface area contributed by atoms with Gasteiger partial charge in [0.15, 0.2) is 10.8 Å². The molecule has 0 saturated carbocycles. The number of alkyl halides is 3. The van der Waals surface area contributed by atoms with E-state index in [1.807, 2.05) is 24.0 Å². The minimum atomic E-state index is -5.08. The summed E-state index contributed by atoms with van der Waals surface area (Å²) in [5.74, 6) is -2.02. The highest BCUT2D eigenvalue weighted by molar-refractivity contribution is 7.14. The predicted molar refractivity (Wildman–Crippen MR) is 112 cm³/mol. The molecule has 0 atom stereocenters. The summed E-state index contributed by atoms with van der Waals surface area (Å²) in [4.78, 5) is 28.9. The summed E-state index contributed by atoms with van der Waals surface area (Å²) in [6.45, 7) is 2.66. The smallest absolute Gasteiger partial charge is 0.475 e. The van der Waals surface area contributed by atoms with Crippen LogP contribution in [-0.4, -0.2) is 44.9 Å². The first kappa shape index (κ1) is 24.0. The molecule has 13 heteroatoms. The number of benzene rings is 1. The van der Waals surface area contributed by atoms with Crippen LogP contribution in [0.25, 0.3) is 0 Å². The Labute approximate surface area is 188 Å². The van der Waals surface area contributed by atoms with Crippen molar-refractivity contribution in [3.63, 3.8) is 0 Å². The van der Waals surface area contributed by atoms with Gasteiger partial charge in [0.2, 0.25) is 0 Å². The Kier molecular flexibility index (Phi) is 7.21. The van der Waals surface area contributed by atoms with E-state index in [9.17, 15) is 22.4 Å². The lowest BCUT2D eigenvalue weighted by atomic mass is 10.2. The number of aromatic nitrogens is 3. The number of nitrogens with one attached hydrogen (secondary N) is 1. The number of carbonyl (C=O) groups is 2. The minimum absolute atomic E-state index is 0.343. The van der Waals surface area contributed by atoms with Crippen LogP contribution in [0.1, 0.15) is 26.8 Å². The van der Waals surface area contributed by atoms with E-state index in [4.69, 9.17) is 9.90 Å². The van der Waals surface area contributed by atoms with Crippen LogP contribution in [0, 0.1) is 12.7 Å². The SMILES string of the molecule is Cc1ccc(N2CCCc3sc(C(=O)Nc4cccc(F)c4)nc32)nn1.O=C(O)C(F)(F)F. The number of halogens is 4. The van der Waals surface area contributed by atoms with E-state index in [-0.39, 0.29) is 5.91 Å². The van der Waals surface area contributed by atoms with Crippen LogP contribution in [0.4, 0.5) is 34.9 Å². The van der Waals surface area contributed by atoms with Crippen LogP contribution < -0.4 is 10.2 Å². The number of rotatable bonds is 3. The molecule has 1 aliphatic rings. The Morgan fingerprint density at radius 1 is 1.18 bits per heavy atom. The van der Waals surface area contributed by atoms with Gasteiger partial charge < -0.3 is 15.3 Å². The monoisotopic (exact) mass is 483 g/mol. The van der Waals surface area contributed by atoms with Gasteiger partial charge in [-0.25, -0.2) is 14.2 Å². The zero-order chi connectivity index (χ0) is 24.2. The number of hydrogen-bond donors (Lipinski definition) is 2. The maximum absolute atomic E-state index is 13.3. The predicted octanol–water partition coefficient (Wildman–Crippen LogP) is 4.35. The number of carbonyl (C=O) groups excluding carboxylic acids is 1. The van der Waals surface area contributed by atoms with E-state index in [2.05, 4.69) is 20.5 Å². The zero-order valence-electron chi connectivity index (χ0n) is 17.1.